The fourth-order valence-corrected chi connectivity index (χ4v) is 4.38. The van der Waals surface area contributed by atoms with E-state index in [4.69, 9.17) is 0 Å². The molecule has 0 aliphatic carbocycles. The molecule has 5 heteroatoms. The average Bonchev–Trinajstić information content (AvgIpc) is 2.82. The highest BCUT2D eigenvalue weighted by atomic mass is 16.2. The molecule has 32 heavy (non-hydrogen) atoms. The van der Waals surface area contributed by atoms with E-state index in [2.05, 4.69) is 35.3 Å². The van der Waals surface area contributed by atoms with Crippen LogP contribution in [0.4, 0.5) is 0 Å². The summed E-state index contributed by atoms with van der Waals surface area (Å²) in [5.41, 5.74) is 3.25. The molecule has 4 rings (SSSR count). The summed E-state index contributed by atoms with van der Waals surface area (Å²) in [5, 5.41) is 2.97. The molecule has 166 valence electrons. The normalized spacial score (nSPS) is 16.6. The lowest BCUT2D eigenvalue weighted by Crippen LogP contribution is -2.37. The molecule has 1 amide bonds. The van der Waals surface area contributed by atoms with Crippen LogP contribution >= 0.6 is 0 Å². The smallest absolute Gasteiger partial charge is 0.263 e. The Bertz CT molecular complexity index is 1110. The SMILES string of the molecule is CC1CCCCN1Cc1ccccc1CNC(=O)c1cccn(Cc2ccccc2)c1=O. The lowest BCUT2D eigenvalue weighted by Gasteiger charge is -2.33. The summed E-state index contributed by atoms with van der Waals surface area (Å²) in [6.07, 6.45) is 5.50. The molecular weight excluding hydrogens is 398 g/mol. The van der Waals surface area contributed by atoms with Crippen LogP contribution in [0.1, 0.15) is 53.2 Å². The molecule has 2 heterocycles. The lowest BCUT2D eigenvalue weighted by molar-refractivity contribution is 0.0948. The van der Waals surface area contributed by atoms with E-state index in [1.165, 1.54) is 24.8 Å². The van der Waals surface area contributed by atoms with Crippen molar-refractivity contribution in [3.63, 3.8) is 0 Å². The van der Waals surface area contributed by atoms with Gasteiger partial charge in [-0.05, 0) is 55.1 Å². The van der Waals surface area contributed by atoms with Crippen molar-refractivity contribution in [2.75, 3.05) is 6.54 Å². The maximum absolute atomic E-state index is 12.9. The number of hydrogen-bond donors (Lipinski definition) is 1. The number of rotatable bonds is 7. The molecule has 0 bridgehead atoms. The summed E-state index contributed by atoms with van der Waals surface area (Å²) in [5.74, 6) is -0.335. The molecule has 3 aromatic rings. The van der Waals surface area contributed by atoms with Gasteiger partial charge in [0.15, 0.2) is 0 Å². The zero-order valence-electron chi connectivity index (χ0n) is 18.7. The van der Waals surface area contributed by atoms with Gasteiger partial charge in [-0.2, -0.15) is 0 Å². The number of nitrogens with zero attached hydrogens (tertiary/aromatic N) is 2. The van der Waals surface area contributed by atoms with Crippen molar-refractivity contribution in [1.29, 1.82) is 0 Å². The third kappa shape index (κ3) is 5.35. The molecule has 0 spiro atoms. The van der Waals surface area contributed by atoms with Crippen LogP contribution in [-0.2, 0) is 19.6 Å². The van der Waals surface area contributed by atoms with Gasteiger partial charge < -0.3 is 9.88 Å². The Morgan fingerprint density at radius 1 is 0.938 bits per heavy atom. The molecule has 0 saturated carbocycles. The summed E-state index contributed by atoms with van der Waals surface area (Å²) >= 11 is 0. The molecule has 1 saturated heterocycles. The van der Waals surface area contributed by atoms with Crippen molar-refractivity contribution < 1.29 is 4.79 Å². The van der Waals surface area contributed by atoms with Gasteiger partial charge in [-0.1, -0.05) is 61.0 Å². The van der Waals surface area contributed by atoms with Crippen LogP contribution in [0, 0.1) is 0 Å². The second kappa shape index (κ2) is 10.4. The number of benzene rings is 2. The summed E-state index contributed by atoms with van der Waals surface area (Å²) in [6, 6.07) is 22.0. The number of nitrogens with one attached hydrogen (secondary N) is 1. The van der Waals surface area contributed by atoms with Crippen LogP contribution < -0.4 is 10.9 Å². The number of piperidine rings is 1. The van der Waals surface area contributed by atoms with Crippen molar-refractivity contribution in [3.8, 4) is 0 Å². The first kappa shape index (κ1) is 22.0. The van der Waals surface area contributed by atoms with Gasteiger partial charge in [0.1, 0.15) is 5.56 Å². The Morgan fingerprint density at radius 3 is 2.47 bits per heavy atom. The fourth-order valence-electron chi connectivity index (χ4n) is 4.38. The zero-order valence-corrected chi connectivity index (χ0v) is 18.7. The van der Waals surface area contributed by atoms with E-state index in [1.807, 2.05) is 36.4 Å². The van der Waals surface area contributed by atoms with Gasteiger partial charge in [0.2, 0.25) is 0 Å². The largest absolute Gasteiger partial charge is 0.348 e. The summed E-state index contributed by atoms with van der Waals surface area (Å²) in [4.78, 5) is 28.3. The van der Waals surface area contributed by atoms with Gasteiger partial charge in [0.25, 0.3) is 11.5 Å². The standard InChI is InChI=1S/C27H31N3O2/c1-21-10-7-8-16-29(21)20-24-14-6-5-13-23(24)18-28-26(31)25-15-9-17-30(27(25)32)19-22-11-3-2-4-12-22/h2-6,9,11-15,17,21H,7-8,10,16,18-20H2,1H3,(H,28,31). The highest BCUT2D eigenvalue weighted by Gasteiger charge is 2.19. The molecule has 5 nitrogen and oxygen atoms in total. The third-order valence-corrected chi connectivity index (χ3v) is 6.33. The van der Waals surface area contributed by atoms with E-state index in [1.54, 1.807) is 22.9 Å². The third-order valence-electron chi connectivity index (χ3n) is 6.33. The number of carbonyl (C=O) groups is 1. The second-order valence-electron chi connectivity index (χ2n) is 8.61. The summed E-state index contributed by atoms with van der Waals surface area (Å²) in [6.45, 7) is 5.15. The molecule has 1 N–H and O–H groups in total. The topological polar surface area (TPSA) is 54.3 Å². The summed E-state index contributed by atoms with van der Waals surface area (Å²) in [7, 11) is 0. The molecular formula is C27H31N3O2. The molecule has 2 aromatic carbocycles. The molecule has 1 fully saturated rings. The van der Waals surface area contributed by atoms with Gasteiger partial charge in [-0.3, -0.25) is 14.5 Å². The number of likely N-dealkylation sites (tertiary alicyclic amines) is 1. The summed E-state index contributed by atoms with van der Waals surface area (Å²) < 4.78 is 1.58. The predicted molar refractivity (Wildman–Crippen MR) is 128 cm³/mol. The lowest BCUT2D eigenvalue weighted by atomic mass is 10.0. The van der Waals surface area contributed by atoms with Crippen molar-refractivity contribution in [2.45, 2.75) is 51.9 Å². The van der Waals surface area contributed by atoms with E-state index in [9.17, 15) is 9.59 Å². The van der Waals surface area contributed by atoms with Crippen molar-refractivity contribution in [2.24, 2.45) is 0 Å². The second-order valence-corrected chi connectivity index (χ2v) is 8.61. The van der Waals surface area contributed by atoms with Gasteiger partial charge in [0.05, 0.1) is 6.54 Å². The number of carbonyl (C=O) groups excluding carboxylic acids is 1. The monoisotopic (exact) mass is 429 g/mol. The van der Waals surface area contributed by atoms with Gasteiger partial charge >= 0.3 is 0 Å². The molecule has 1 aliphatic rings. The van der Waals surface area contributed by atoms with Crippen molar-refractivity contribution >= 4 is 5.91 Å². The maximum Gasteiger partial charge on any atom is 0.263 e. The highest BCUT2D eigenvalue weighted by molar-refractivity contribution is 5.93. The van der Waals surface area contributed by atoms with Gasteiger partial charge in [-0.25, -0.2) is 0 Å². The zero-order chi connectivity index (χ0) is 22.3. The van der Waals surface area contributed by atoms with Crippen LogP contribution in [0.2, 0.25) is 0 Å². The quantitative estimate of drug-likeness (QED) is 0.612. The van der Waals surface area contributed by atoms with E-state index in [0.29, 0.717) is 19.1 Å². The molecule has 1 atom stereocenters. The van der Waals surface area contributed by atoms with Crippen LogP contribution in [0.15, 0.2) is 77.7 Å². The minimum absolute atomic E-state index is 0.172. The van der Waals surface area contributed by atoms with Crippen LogP contribution in [0.3, 0.4) is 0 Å². The van der Waals surface area contributed by atoms with E-state index < -0.39 is 0 Å². The van der Waals surface area contributed by atoms with Gasteiger partial charge in [-0.15, -0.1) is 0 Å². The molecule has 0 radical (unpaired) electrons. The highest BCUT2D eigenvalue weighted by Crippen LogP contribution is 2.20. The van der Waals surface area contributed by atoms with Crippen molar-refractivity contribution in [1.82, 2.24) is 14.8 Å². The Balaban J connectivity index is 1.44. The Hall–Kier alpha value is -3.18. The maximum atomic E-state index is 12.9. The fraction of sp³-hybridized carbons (Fsp3) is 0.333. The minimum Gasteiger partial charge on any atom is -0.348 e. The van der Waals surface area contributed by atoms with E-state index in [0.717, 1.165) is 24.2 Å². The Labute approximate surface area is 189 Å². The minimum atomic E-state index is -0.335. The molecule has 1 aromatic heterocycles. The molecule has 1 aliphatic heterocycles. The average molecular weight is 430 g/mol. The van der Waals surface area contributed by atoms with Crippen LogP contribution in [-0.4, -0.2) is 28.0 Å². The number of aromatic nitrogens is 1. The number of amides is 1. The number of pyridine rings is 1. The predicted octanol–water partition coefficient (Wildman–Crippen LogP) is 4.20. The number of hydrogen-bond acceptors (Lipinski definition) is 3. The van der Waals surface area contributed by atoms with Crippen LogP contribution in [0.25, 0.3) is 0 Å². The first-order valence-electron chi connectivity index (χ1n) is 11.4. The Morgan fingerprint density at radius 2 is 1.69 bits per heavy atom. The van der Waals surface area contributed by atoms with Crippen molar-refractivity contribution in [3.05, 3.63) is 106 Å². The van der Waals surface area contributed by atoms with E-state index >= 15 is 0 Å². The Kier molecular flexibility index (Phi) is 7.17. The first-order chi connectivity index (χ1) is 15.6. The molecule has 1 unspecified atom stereocenters. The van der Waals surface area contributed by atoms with Gasteiger partial charge in [0, 0.05) is 25.3 Å². The van der Waals surface area contributed by atoms with Crippen LogP contribution in [0.5, 0.6) is 0 Å². The van der Waals surface area contributed by atoms with E-state index in [-0.39, 0.29) is 17.0 Å². The first-order valence-corrected chi connectivity index (χ1v) is 11.4.